The largest absolute Gasteiger partial charge is 0.370 e. The highest BCUT2D eigenvalue weighted by molar-refractivity contribution is 5.75. The van der Waals surface area contributed by atoms with Crippen molar-refractivity contribution >= 4 is 5.96 Å². The molecular weight excluding hydrogens is 340 g/mol. The van der Waals surface area contributed by atoms with Crippen molar-refractivity contribution in [1.29, 1.82) is 0 Å². The van der Waals surface area contributed by atoms with Gasteiger partial charge < -0.3 is 21.8 Å². The maximum Gasteiger partial charge on any atom is 0.258 e. The molecule has 1 heterocycles. The predicted molar refractivity (Wildman–Crippen MR) is 113 cm³/mol. The van der Waals surface area contributed by atoms with Crippen LogP contribution in [0.25, 0.3) is 11.1 Å². The lowest BCUT2D eigenvalue weighted by Crippen LogP contribution is -2.23. The number of unbranched alkanes of at least 4 members (excludes halogenated alkanes) is 1. The van der Waals surface area contributed by atoms with Crippen molar-refractivity contribution in [2.24, 2.45) is 16.5 Å². The van der Waals surface area contributed by atoms with Crippen LogP contribution < -0.4 is 22.3 Å². The zero-order valence-corrected chi connectivity index (χ0v) is 16.6. The standard InChI is InChI=1S/C16H22N6O.C4H10/c1-11-21-10-14(15(23)22-11)13-5-3-12(4-6-13)9-19-7-2-8-20-16(17)18;1-3-4-2/h3-6,10,19H,2,7-9H2,1H3,(H4,17,18,20)(H,21,22,23);3-4H2,1-2H3. The number of hydrogen-bond acceptors (Lipinski definition) is 4. The third-order valence-corrected chi connectivity index (χ3v) is 3.83. The fourth-order valence-electron chi connectivity index (χ4n) is 2.14. The number of rotatable bonds is 8. The fourth-order valence-corrected chi connectivity index (χ4v) is 2.14. The van der Waals surface area contributed by atoms with Crippen LogP contribution in [0.4, 0.5) is 0 Å². The lowest BCUT2D eigenvalue weighted by Gasteiger charge is -2.06. The minimum absolute atomic E-state index is 0.122. The topological polar surface area (TPSA) is 122 Å². The van der Waals surface area contributed by atoms with Crippen molar-refractivity contribution < 1.29 is 0 Å². The Balaban J connectivity index is 0.000000828. The van der Waals surface area contributed by atoms with Gasteiger partial charge in [0.05, 0.1) is 5.56 Å². The van der Waals surface area contributed by atoms with E-state index in [1.807, 2.05) is 24.3 Å². The van der Waals surface area contributed by atoms with Gasteiger partial charge in [0, 0.05) is 19.3 Å². The summed E-state index contributed by atoms with van der Waals surface area (Å²) in [5.74, 6) is 0.737. The number of hydrogen-bond donors (Lipinski definition) is 4. The first-order valence-corrected chi connectivity index (χ1v) is 9.39. The molecule has 148 valence electrons. The molecular formula is C20H32N6O. The van der Waals surface area contributed by atoms with Gasteiger partial charge in [-0.15, -0.1) is 0 Å². The number of aliphatic imine (C=N–C) groups is 1. The Labute approximate surface area is 161 Å². The molecule has 1 aromatic carbocycles. The number of aromatic nitrogens is 2. The smallest absolute Gasteiger partial charge is 0.258 e. The molecule has 0 radical (unpaired) electrons. The third kappa shape index (κ3) is 9.01. The summed E-state index contributed by atoms with van der Waals surface area (Å²) < 4.78 is 0. The van der Waals surface area contributed by atoms with Crippen LogP contribution in [0.15, 0.2) is 40.2 Å². The first kappa shape index (κ1) is 22.4. The van der Waals surface area contributed by atoms with Gasteiger partial charge >= 0.3 is 0 Å². The summed E-state index contributed by atoms with van der Waals surface area (Å²) in [5.41, 5.74) is 13.0. The molecule has 0 saturated carbocycles. The molecule has 0 aliphatic heterocycles. The van der Waals surface area contributed by atoms with Crippen LogP contribution in [0, 0.1) is 6.92 Å². The number of guanidine groups is 1. The molecule has 0 atom stereocenters. The molecule has 2 rings (SSSR count). The van der Waals surface area contributed by atoms with Crippen LogP contribution in [-0.2, 0) is 6.54 Å². The zero-order valence-electron chi connectivity index (χ0n) is 16.6. The van der Waals surface area contributed by atoms with Crippen molar-refractivity contribution in [3.8, 4) is 11.1 Å². The van der Waals surface area contributed by atoms with E-state index in [0.29, 0.717) is 17.9 Å². The maximum absolute atomic E-state index is 11.9. The van der Waals surface area contributed by atoms with E-state index in [-0.39, 0.29) is 11.5 Å². The monoisotopic (exact) mass is 372 g/mol. The second kappa shape index (κ2) is 12.6. The van der Waals surface area contributed by atoms with Gasteiger partial charge in [0.15, 0.2) is 5.96 Å². The average molecular weight is 373 g/mol. The summed E-state index contributed by atoms with van der Waals surface area (Å²) in [5, 5.41) is 3.32. The van der Waals surface area contributed by atoms with E-state index in [4.69, 9.17) is 11.5 Å². The lowest BCUT2D eigenvalue weighted by molar-refractivity contribution is 0.655. The van der Waals surface area contributed by atoms with Gasteiger partial charge in [-0.25, -0.2) is 4.98 Å². The molecule has 7 nitrogen and oxygen atoms in total. The highest BCUT2D eigenvalue weighted by Gasteiger charge is 2.04. The molecule has 2 aromatic rings. The normalized spacial score (nSPS) is 10.0. The van der Waals surface area contributed by atoms with Crippen molar-refractivity contribution in [2.45, 2.75) is 46.6 Å². The van der Waals surface area contributed by atoms with Gasteiger partial charge in [-0.3, -0.25) is 9.79 Å². The fraction of sp³-hybridized carbons (Fsp3) is 0.450. The van der Waals surface area contributed by atoms with Crippen LogP contribution in [0.5, 0.6) is 0 Å². The number of nitrogens with zero attached hydrogens (tertiary/aromatic N) is 2. The molecule has 0 aliphatic rings. The van der Waals surface area contributed by atoms with Crippen LogP contribution in [0.1, 0.15) is 44.5 Å². The number of nitrogens with two attached hydrogens (primary N) is 2. The Kier molecular flexibility index (Phi) is 10.5. The van der Waals surface area contributed by atoms with E-state index in [0.717, 1.165) is 30.6 Å². The van der Waals surface area contributed by atoms with Crippen LogP contribution >= 0.6 is 0 Å². The van der Waals surface area contributed by atoms with Crippen LogP contribution in [0.2, 0.25) is 0 Å². The molecule has 0 amide bonds. The highest BCUT2D eigenvalue weighted by atomic mass is 16.1. The summed E-state index contributed by atoms with van der Waals surface area (Å²) in [6.07, 6.45) is 5.12. The van der Waals surface area contributed by atoms with E-state index in [1.54, 1.807) is 13.1 Å². The minimum atomic E-state index is -0.122. The third-order valence-electron chi connectivity index (χ3n) is 3.83. The Hall–Kier alpha value is -2.67. The van der Waals surface area contributed by atoms with E-state index in [9.17, 15) is 4.79 Å². The van der Waals surface area contributed by atoms with Crippen molar-refractivity contribution in [2.75, 3.05) is 13.1 Å². The number of aryl methyl sites for hydroxylation is 1. The minimum Gasteiger partial charge on any atom is -0.370 e. The first-order valence-electron chi connectivity index (χ1n) is 9.39. The second-order valence-electron chi connectivity index (χ2n) is 6.25. The van der Waals surface area contributed by atoms with Gasteiger partial charge in [-0.05, 0) is 31.0 Å². The van der Waals surface area contributed by atoms with Gasteiger partial charge in [0.2, 0.25) is 0 Å². The van der Waals surface area contributed by atoms with Gasteiger partial charge in [-0.1, -0.05) is 51.0 Å². The average Bonchev–Trinajstić information content (AvgIpc) is 2.65. The zero-order chi connectivity index (χ0) is 20.1. The molecule has 0 aliphatic carbocycles. The molecule has 0 fully saturated rings. The number of aromatic amines is 1. The molecule has 7 heteroatoms. The lowest BCUT2D eigenvalue weighted by atomic mass is 10.1. The quantitative estimate of drug-likeness (QED) is 0.322. The van der Waals surface area contributed by atoms with Crippen LogP contribution in [0.3, 0.4) is 0 Å². The maximum atomic E-state index is 11.9. The first-order chi connectivity index (χ1) is 13.0. The number of nitrogens with one attached hydrogen (secondary N) is 2. The Morgan fingerprint density at radius 1 is 1.19 bits per heavy atom. The van der Waals surface area contributed by atoms with Gasteiger partial charge in [0.1, 0.15) is 5.82 Å². The van der Waals surface area contributed by atoms with Crippen molar-refractivity contribution in [3.05, 3.63) is 52.2 Å². The Morgan fingerprint density at radius 3 is 2.41 bits per heavy atom. The van der Waals surface area contributed by atoms with E-state index < -0.39 is 0 Å². The molecule has 0 spiro atoms. The van der Waals surface area contributed by atoms with Gasteiger partial charge in [-0.2, -0.15) is 0 Å². The van der Waals surface area contributed by atoms with Crippen molar-refractivity contribution in [1.82, 2.24) is 15.3 Å². The molecule has 6 N–H and O–H groups in total. The van der Waals surface area contributed by atoms with E-state index >= 15 is 0 Å². The Bertz CT molecular complexity index is 746. The second-order valence-corrected chi connectivity index (χ2v) is 6.25. The summed E-state index contributed by atoms with van der Waals surface area (Å²) in [4.78, 5) is 22.7. The molecule has 0 bridgehead atoms. The summed E-state index contributed by atoms with van der Waals surface area (Å²) in [7, 11) is 0. The Morgan fingerprint density at radius 2 is 1.85 bits per heavy atom. The SMILES string of the molecule is CCCC.Cc1ncc(-c2ccc(CNCCCN=C(N)N)cc2)c(=O)[nH]1. The van der Waals surface area contributed by atoms with Gasteiger partial charge in [0.25, 0.3) is 5.56 Å². The van der Waals surface area contributed by atoms with Crippen molar-refractivity contribution in [3.63, 3.8) is 0 Å². The number of benzene rings is 1. The highest BCUT2D eigenvalue weighted by Crippen LogP contribution is 2.15. The molecule has 27 heavy (non-hydrogen) atoms. The van der Waals surface area contributed by atoms with E-state index in [1.165, 1.54) is 12.8 Å². The molecule has 0 saturated heterocycles. The van der Waals surface area contributed by atoms with E-state index in [2.05, 4.69) is 34.1 Å². The predicted octanol–water partition coefficient (Wildman–Crippen LogP) is 2.30. The molecule has 0 unspecified atom stereocenters. The summed E-state index contributed by atoms with van der Waals surface area (Å²) in [6, 6.07) is 7.85. The molecule has 1 aromatic heterocycles. The summed E-state index contributed by atoms with van der Waals surface area (Å²) in [6.45, 7) is 8.33. The summed E-state index contributed by atoms with van der Waals surface area (Å²) >= 11 is 0. The number of H-pyrrole nitrogens is 1. The van der Waals surface area contributed by atoms with Crippen LogP contribution in [-0.4, -0.2) is 29.0 Å².